The molecular weight excluding hydrogens is 437 g/mol. The van der Waals surface area contributed by atoms with Crippen LogP contribution in [0.3, 0.4) is 0 Å². The number of alkyl halides is 3. The standard InChI is InChI=1S/C22H21F3N6O2/c1-12-8-15-11-21(10-12,19-28-13(2)30-33-19)31(15)20(32)29-14-4-5-17(22(23,24)25)16(9-14)18-26-6-3-7-27-18/h3-7,9,12,15H,8,10-11H2,1-2H3,(H,29,32)/t12-,15-,21+/m0/s1. The van der Waals surface area contributed by atoms with Crippen LogP contribution in [0.2, 0.25) is 0 Å². The van der Waals surface area contributed by atoms with Crippen molar-refractivity contribution < 1.29 is 22.5 Å². The number of anilines is 1. The number of rotatable bonds is 3. The van der Waals surface area contributed by atoms with Crippen molar-refractivity contribution in [1.29, 1.82) is 0 Å². The second-order valence-corrected chi connectivity index (χ2v) is 8.71. The first-order chi connectivity index (χ1) is 15.7. The maximum Gasteiger partial charge on any atom is 0.417 e. The first kappa shape index (κ1) is 21.4. The molecule has 5 rings (SSSR count). The Labute approximate surface area is 187 Å². The zero-order valence-electron chi connectivity index (χ0n) is 17.9. The van der Waals surface area contributed by atoms with E-state index in [1.54, 1.807) is 11.8 Å². The number of aryl methyl sites for hydroxylation is 1. The Morgan fingerprint density at radius 2 is 2.00 bits per heavy atom. The van der Waals surface area contributed by atoms with E-state index in [0.29, 0.717) is 30.5 Å². The van der Waals surface area contributed by atoms with Crippen LogP contribution >= 0.6 is 0 Å². The SMILES string of the molecule is Cc1noc([C@@]23C[C@@H](C)C[C@@H](C2)N3C(=O)Nc2ccc(C(F)(F)F)c(-c3ncccn3)c2)n1. The molecule has 2 bridgehead atoms. The molecule has 3 aromatic rings. The molecule has 0 spiro atoms. The molecule has 0 radical (unpaired) electrons. The molecule has 1 saturated heterocycles. The van der Waals surface area contributed by atoms with Crippen molar-refractivity contribution in [3.63, 3.8) is 0 Å². The van der Waals surface area contributed by atoms with E-state index in [9.17, 15) is 18.0 Å². The second kappa shape index (κ2) is 7.53. The minimum Gasteiger partial charge on any atom is -0.337 e. The molecule has 33 heavy (non-hydrogen) atoms. The Hall–Kier alpha value is -3.50. The van der Waals surface area contributed by atoms with E-state index in [-0.39, 0.29) is 23.1 Å². The van der Waals surface area contributed by atoms with Crippen LogP contribution in [-0.4, -0.2) is 37.1 Å². The highest BCUT2D eigenvalue weighted by Crippen LogP contribution is 2.55. The molecule has 1 saturated carbocycles. The van der Waals surface area contributed by atoms with Gasteiger partial charge in [-0.3, -0.25) is 0 Å². The van der Waals surface area contributed by atoms with Gasteiger partial charge in [0, 0.05) is 36.1 Å². The first-order valence-electron chi connectivity index (χ1n) is 10.6. The molecule has 1 aliphatic carbocycles. The first-order valence-corrected chi connectivity index (χ1v) is 10.6. The molecule has 0 unspecified atom stereocenters. The summed E-state index contributed by atoms with van der Waals surface area (Å²) in [4.78, 5) is 27.3. The topological polar surface area (TPSA) is 97.0 Å². The molecule has 3 atom stereocenters. The van der Waals surface area contributed by atoms with Crippen molar-refractivity contribution in [2.75, 3.05) is 5.32 Å². The van der Waals surface area contributed by atoms with Crippen molar-refractivity contribution in [3.8, 4) is 11.4 Å². The number of piperidine rings is 1. The Balaban J connectivity index is 1.46. The normalized spacial score (nSPS) is 24.3. The van der Waals surface area contributed by atoms with Crippen LogP contribution in [0.1, 0.15) is 43.5 Å². The third-order valence-electron chi connectivity index (χ3n) is 6.29. The van der Waals surface area contributed by atoms with Crippen LogP contribution in [-0.2, 0) is 11.7 Å². The molecule has 1 aliphatic heterocycles. The highest BCUT2D eigenvalue weighted by Gasteiger charge is 2.62. The monoisotopic (exact) mass is 458 g/mol. The number of nitrogens with one attached hydrogen (secondary N) is 1. The smallest absolute Gasteiger partial charge is 0.337 e. The lowest BCUT2D eigenvalue weighted by Crippen LogP contribution is -2.70. The average Bonchev–Trinajstić information content (AvgIpc) is 3.19. The number of hydrogen-bond acceptors (Lipinski definition) is 6. The number of nitrogens with zero attached hydrogens (tertiary/aromatic N) is 5. The minimum absolute atomic E-state index is 0.00710. The summed E-state index contributed by atoms with van der Waals surface area (Å²) in [7, 11) is 0. The number of hydrogen-bond donors (Lipinski definition) is 1. The molecule has 172 valence electrons. The summed E-state index contributed by atoms with van der Waals surface area (Å²) in [5, 5.41) is 6.63. The van der Waals surface area contributed by atoms with Gasteiger partial charge in [0.2, 0.25) is 0 Å². The third-order valence-corrected chi connectivity index (χ3v) is 6.29. The van der Waals surface area contributed by atoms with Gasteiger partial charge in [-0.1, -0.05) is 12.1 Å². The molecule has 2 aromatic heterocycles. The highest BCUT2D eigenvalue weighted by molar-refractivity contribution is 5.92. The Kier molecular flexibility index (Phi) is 4.87. The minimum atomic E-state index is -4.60. The van der Waals surface area contributed by atoms with Crippen LogP contribution in [0.5, 0.6) is 0 Å². The number of carbonyl (C=O) groups is 1. The summed E-state index contributed by atoms with van der Waals surface area (Å²) in [5.74, 6) is 1.17. The molecular formula is C22H21F3N6O2. The third kappa shape index (κ3) is 3.61. The summed E-state index contributed by atoms with van der Waals surface area (Å²) >= 11 is 0. The number of likely N-dealkylation sites (tertiary alicyclic amines) is 1. The second-order valence-electron chi connectivity index (χ2n) is 8.71. The summed E-state index contributed by atoms with van der Waals surface area (Å²) in [6, 6.07) is 4.50. The summed E-state index contributed by atoms with van der Waals surface area (Å²) in [5.41, 5.74) is -1.57. The molecule has 11 heteroatoms. The van der Waals surface area contributed by atoms with E-state index >= 15 is 0 Å². The number of fused-ring (bicyclic) bond motifs is 2. The van der Waals surface area contributed by atoms with Gasteiger partial charge in [-0.15, -0.1) is 0 Å². The van der Waals surface area contributed by atoms with Crippen LogP contribution < -0.4 is 5.32 Å². The van der Waals surface area contributed by atoms with Gasteiger partial charge >= 0.3 is 12.2 Å². The van der Waals surface area contributed by atoms with Crippen molar-refractivity contribution in [1.82, 2.24) is 25.0 Å². The van der Waals surface area contributed by atoms with Gasteiger partial charge in [0.15, 0.2) is 11.6 Å². The summed E-state index contributed by atoms with van der Waals surface area (Å²) < 4.78 is 46.2. The van der Waals surface area contributed by atoms with Gasteiger partial charge in [0.05, 0.1) is 5.56 Å². The van der Waals surface area contributed by atoms with Crippen LogP contribution in [0.25, 0.3) is 11.4 Å². The van der Waals surface area contributed by atoms with Crippen molar-refractivity contribution in [3.05, 3.63) is 53.9 Å². The predicted octanol–water partition coefficient (Wildman–Crippen LogP) is 4.79. The number of aromatic nitrogens is 4. The Morgan fingerprint density at radius 1 is 1.24 bits per heavy atom. The van der Waals surface area contributed by atoms with E-state index in [1.807, 2.05) is 0 Å². The number of urea groups is 1. The average molecular weight is 458 g/mol. The number of amides is 2. The van der Waals surface area contributed by atoms with Gasteiger partial charge in [-0.05, 0) is 49.9 Å². The van der Waals surface area contributed by atoms with E-state index in [1.165, 1.54) is 30.6 Å². The summed E-state index contributed by atoms with van der Waals surface area (Å²) in [6.07, 6.45) is 0.357. The van der Waals surface area contributed by atoms with Crippen molar-refractivity contribution in [2.24, 2.45) is 5.92 Å². The zero-order chi connectivity index (χ0) is 23.4. The fraction of sp³-hybridized carbons (Fsp3) is 0.409. The van der Waals surface area contributed by atoms with Crippen LogP contribution in [0.4, 0.5) is 23.7 Å². The maximum absolute atomic E-state index is 13.6. The van der Waals surface area contributed by atoms with Gasteiger partial charge in [0.1, 0.15) is 5.54 Å². The predicted molar refractivity (Wildman–Crippen MR) is 111 cm³/mol. The summed E-state index contributed by atoms with van der Waals surface area (Å²) in [6.45, 7) is 3.83. The molecule has 2 fully saturated rings. The van der Waals surface area contributed by atoms with Crippen molar-refractivity contribution >= 4 is 11.7 Å². The van der Waals surface area contributed by atoms with Gasteiger partial charge < -0.3 is 14.7 Å². The fourth-order valence-corrected chi connectivity index (χ4v) is 5.11. The van der Waals surface area contributed by atoms with E-state index in [4.69, 9.17) is 4.52 Å². The molecule has 8 nitrogen and oxygen atoms in total. The molecule has 1 aromatic carbocycles. The van der Waals surface area contributed by atoms with Crippen molar-refractivity contribution in [2.45, 2.75) is 50.9 Å². The number of benzene rings is 1. The largest absolute Gasteiger partial charge is 0.417 e. The van der Waals surface area contributed by atoms with Crippen LogP contribution in [0, 0.1) is 12.8 Å². The highest BCUT2D eigenvalue weighted by atomic mass is 19.4. The lowest BCUT2D eigenvalue weighted by molar-refractivity contribution is -0.137. The number of carbonyl (C=O) groups excluding carboxylic acids is 1. The lowest BCUT2D eigenvalue weighted by Gasteiger charge is -2.61. The quantitative estimate of drug-likeness (QED) is 0.606. The number of halogens is 3. The molecule has 3 heterocycles. The molecule has 2 aliphatic rings. The zero-order valence-corrected chi connectivity index (χ0v) is 17.9. The van der Waals surface area contributed by atoms with Gasteiger partial charge in [0.25, 0.3) is 5.89 Å². The van der Waals surface area contributed by atoms with Gasteiger partial charge in [-0.2, -0.15) is 18.2 Å². The fourth-order valence-electron chi connectivity index (χ4n) is 5.11. The Bertz CT molecular complexity index is 1200. The van der Waals surface area contributed by atoms with E-state index in [0.717, 1.165) is 12.5 Å². The van der Waals surface area contributed by atoms with E-state index < -0.39 is 23.3 Å². The maximum atomic E-state index is 13.6. The Morgan fingerprint density at radius 3 is 2.67 bits per heavy atom. The molecule has 2 amide bonds. The van der Waals surface area contributed by atoms with Gasteiger partial charge in [-0.25, -0.2) is 14.8 Å². The molecule has 1 N–H and O–H groups in total. The lowest BCUT2D eigenvalue weighted by atomic mass is 9.64. The van der Waals surface area contributed by atoms with E-state index in [2.05, 4.69) is 32.3 Å². The van der Waals surface area contributed by atoms with Crippen LogP contribution in [0.15, 0.2) is 41.2 Å².